The molecule has 2 aromatic heterocycles. The van der Waals surface area contributed by atoms with Gasteiger partial charge in [0.15, 0.2) is 5.01 Å². The van der Waals surface area contributed by atoms with E-state index in [9.17, 15) is 14.3 Å². The van der Waals surface area contributed by atoms with Gasteiger partial charge in [0.05, 0.1) is 4.47 Å². The fourth-order valence-electron chi connectivity index (χ4n) is 4.77. The van der Waals surface area contributed by atoms with Crippen molar-refractivity contribution in [3.8, 4) is 0 Å². The van der Waals surface area contributed by atoms with Crippen molar-refractivity contribution in [1.29, 1.82) is 0 Å². The minimum atomic E-state index is -0.557. The average Bonchev–Trinajstić information content (AvgIpc) is 3.14. The van der Waals surface area contributed by atoms with E-state index in [-0.39, 0.29) is 34.7 Å². The third-order valence-corrected chi connectivity index (χ3v) is 8.21. The number of aliphatic hydroxyl groups is 1. The minimum absolute atomic E-state index is 0.00297. The summed E-state index contributed by atoms with van der Waals surface area (Å²) in [4.78, 5) is 21.7. The van der Waals surface area contributed by atoms with Crippen LogP contribution in [0.2, 0.25) is 0 Å². The first-order valence-electron chi connectivity index (χ1n) is 10.7. The van der Waals surface area contributed by atoms with Crippen LogP contribution in [0.25, 0.3) is 10.3 Å². The number of nitrogens with zero attached hydrogens (tertiary/aromatic N) is 2. The summed E-state index contributed by atoms with van der Waals surface area (Å²) in [7, 11) is 0. The zero-order chi connectivity index (χ0) is 23.2. The van der Waals surface area contributed by atoms with Gasteiger partial charge in [-0.1, -0.05) is 38.2 Å². The number of amides is 1. The van der Waals surface area contributed by atoms with E-state index in [0.717, 1.165) is 29.7 Å². The largest absolute Gasteiger partial charge is 0.396 e. The lowest BCUT2D eigenvalue weighted by Crippen LogP contribution is -2.32. The van der Waals surface area contributed by atoms with Crippen LogP contribution >= 0.6 is 27.3 Å². The molecule has 32 heavy (non-hydrogen) atoms. The number of hydrogen-bond acceptors (Lipinski definition) is 5. The molecular formula is C24H27BrFN3O2S. The zero-order valence-corrected chi connectivity index (χ0v) is 20.8. The van der Waals surface area contributed by atoms with Gasteiger partial charge in [-0.2, -0.15) is 0 Å². The number of nitrogens with two attached hydrogens (primary N) is 1. The van der Waals surface area contributed by atoms with Crippen LogP contribution in [-0.4, -0.2) is 27.6 Å². The Morgan fingerprint density at radius 2 is 2.09 bits per heavy atom. The number of hydrogen-bond donors (Lipinski definition) is 2. The predicted octanol–water partition coefficient (Wildman–Crippen LogP) is 5.55. The molecule has 0 saturated heterocycles. The van der Waals surface area contributed by atoms with Crippen LogP contribution in [0.4, 0.5) is 4.39 Å². The molecule has 3 N–H and O–H groups in total. The number of halogens is 2. The SMILES string of the molecule is CC(C)(C)C1Cc2cc3nc(C(N)=O)sc3nc2C([C@@H](CCO)c2ccc(Br)c(F)c2)C1. The van der Waals surface area contributed by atoms with E-state index < -0.39 is 5.91 Å². The quantitative estimate of drug-likeness (QED) is 0.462. The van der Waals surface area contributed by atoms with Gasteiger partial charge < -0.3 is 10.8 Å². The summed E-state index contributed by atoms with van der Waals surface area (Å²) < 4.78 is 14.8. The van der Waals surface area contributed by atoms with Gasteiger partial charge in [-0.05, 0) is 81.8 Å². The van der Waals surface area contributed by atoms with E-state index in [2.05, 4.69) is 41.7 Å². The van der Waals surface area contributed by atoms with Gasteiger partial charge in [0.1, 0.15) is 16.2 Å². The molecule has 3 aromatic rings. The second-order valence-electron chi connectivity index (χ2n) is 9.64. The Bertz CT molecular complexity index is 1170. The summed E-state index contributed by atoms with van der Waals surface area (Å²) in [6, 6.07) is 7.23. The lowest BCUT2D eigenvalue weighted by Gasteiger charge is -2.41. The Morgan fingerprint density at radius 1 is 1.34 bits per heavy atom. The fourth-order valence-corrected chi connectivity index (χ4v) is 5.80. The molecular weight excluding hydrogens is 493 g/mol. The highest BCUT2D eigenvalue weighted by atomic mass is 79.9. The van der Waals surface area contributed by atoms with Crippen LogP contribution in [0, 0.1) is 17.2 Å². The topological polar surface area (TPSA) is 89.1 Å². The summed E-state index contributed by atoms with van der Waals surface area (Å²) in [5.74, 6) is -0.557. The molecule has 0 spiro atoms. The minimum Gasteiger partial charge on any atom is -0.396 e. The molecule has 0 saturated carbocycles. The molecule has 2 unspecified atom stereocenters. The first-order valence-corrected chi connectivity index (χ1v) is 12.4. The third kappa shape index (κ3) is 4.45. The van der Waals surface area contributed by atoms with E-state index in [0.29, 0.717) is 27.2 Å². The van der Waals surface area contributed by atoms with E-state index in [1.165, 1.54) is 11.3 Å². The van der Waals surface area contributed by atoms with Crippen LogP contribution in [0.3, 0.4) is 0 Å². The molecule has 0 aliphatic heterocycles. The van der Waals surface area contributed by atoms with E-state index >= 15 is 0 Å². The monoisotopic (exact) mass is 519 g/mol. The third-order valence-electron chi connectivity index (χ3n) is 6.59. The number of rotatable bonds is 5. The molecule has 0 bridgehead atoms. The molecule has 2 heterocycles. The lowest BCUT2D eigenvalue weighted by molar-refractivity contribution is 0.1000. The van der Waals surface area contributed by atoms with Crippen molar-refractivity contribution >= 4 is 43.5 Å². The number of pyridine rings is 1. The molecule has 0 radical (unpaired) electrons. The summed E-state index contributed by atoms with van der Waals surface area (Å²) in [5, 5.41) is 10.1. The Morgan fingerprint density at radius 3 is 2.72 bits per heavy atom. The van der Waals surface area contributed by atoms with Crippen molar-refractivity contribution in [3.63, 3.8) is 0 Å². The number of fused-ring (bicyclic) bond motifs is 2. The standard InChI is InChI=1S/C24H27BrFN3O2S/c1-24(2,3)14-8-13-10-19-22(32-23(28-19)21(27)31)29-20(13)16(11-14)15(6-7-30)12-4-5-17(25)18(26)9-12/h4-5,9-10,14-16,30H,6-8,11H2,1-3H3,(H2,27,31)/t14?,15-,16?/m0/s1. The maximum atomic E-state index is 14.4. The van der Waals surface area contributed by atoms with Gasteiger partial charge in [-0.3, -0.25) is 4.79 Å². The Hall–Kier alpha value is -1.90. The number of aliphatic hydroxyl groups excluding tert-OH is 1. The van der Waals surface area contributed by atoms with Crippen molar-refractivity contribution in [3.05, 3.63) is 56.4 Å². The normalized spacial score (nSPS) is 19.7. The van der Waals surface area contributed by atoms with Gasteiger partial charge in [0.25, 0.3) is 5.91 Å². The van der Waals surface area contributed by atoms with Crippen LogP contribution in [0.5, 0.6) is 0 Å². The number of primary amides is 1. The second-order valence-corrected chi connectivity index (χ2v) is 11.5. The van der Waals surface area contributed by atoms with Crippen LogP contribution < -0.4 is 5.73 Å². The maximum Gasteiger partial charge on any atom is 0.277 e. The molecule has 0 fully saturated rings. The molecule has 1 aliphatic rings. The summed E-state index contributed by atoms with van der Waals surface area (Å²) in [6.07, 6.45) is 2.26. The first-order chi connectivity index (χ1) is 15.1. The predicted molar refractivity (Wildman–Crippen MR) is 128 cm³/mol. The molecule has 5 nitrogen and oxygen atoms in total. The smallest absolute Gasteiger partial charge is 0.277 e. The Balaban J connectivity index is 1.87. The van der Waals surface area contributed by atoms with Crippen LogP contribution in [0.1, 0.15) is 72.1 Å². The molecule has 1 aliphatic carbocycles. The number of carbonyl (C=O) groups excluding carboxylic acids is 1. The van der Waals surface area contributed by atoms with Gasteiger partial charge in [-0.15, -0.1) is 0 Å². The maximum absolute atomic E-state index is 14.4. The lowest BCUT2D eigenvalue weighted by atomic mass is 9.64. The number of thiazole rings is 1. The van der Waals surface area contributed by atoms with Crippen molar-refractivity contribution in [2.24, 2.45) is 17.1 Å². The molecule has 8 heteroatoms. The molecule has 1 amide bonds. The Labute approximate surface area is 199 Å². The van der Waals surface area contributed by atoms with Crippen LogP contribution in [-0.2, 0) is 6.42 Å². The number of benzene rings is 1. The van der Waals surface area contributed by atoms with E-state index in [1.54, 1.807) is 12.1 Å². The fraction of sp³-hybridized carbons (Fsp3) is 0.458. The van der Waals surface area contributed by atoms with Gasteiger partial charge in [-0.25, -0.2) is 14.4 Å². The van der Waals surface area contributed by atoms with Crippen molar-refractivity contribution in [2.75, 3.05) is 6.61 Å². The van der Waals surface area contributed by atoms with Crippen LogP contribution in [0.15, 0.2) is 28.7 Å². The molecule has 1 aromatic carbocycles. The molecule has 3 atom stereocenters. The van der Waals surface area contributed by atoms with Crippen molar-refractivity contribution in [1.82, 2.24) is 9.97 Å². The molecule has 4 rings (SSSR count). The number of carbonyl (C=O) groups is 1. The zero-order valence-electron chi connectivity index (χ0n) is 18.4. The van der Waals surface area contributed by atoms with Crippen molar-refractivity contribution < 1.29 is 14.3 Å². The highest BCUT2D eigenvalue weighted by Crippen LogP contribution is 2.49. The number of aromatic nitrogens is 2. The van der Waals surface area contributed by atoms with Gasteiger partial charge >= 0.3 is 0 Å². The molecule has 170 valence electrons. The Kier molecular flexibility index (Phi) is 6.40. The highest BCUT2D eigenvalue weighted by molar-refractivity contribution is 9.10. The van der Waals surface area contributed by atoms with Crippen molar-refractivity contribution in [2.45, 2.75) is 51.9 Å². The van der Waals surface area contributed by atoms with E-state index in [1.807, 2.05) is 12.1 Å². The summed E-state index contributed by atoms with van der Waals surface area (Å²) in [5.41, 5.74) is 9.12. The van der Waals surface area contributed by atoms with Gasteiger partial charge in [0, 0.05) is 18.2 Å². The summed E-state index contributed by atoms with van der Waals surface area (Å²) in [6.45, 7) is 6.71. The highest BCUT2D eigenvalue weighted by Gasteiger charge is 2.39. The average molecular weight is 520 g/mol. The van der Waals surface area contributed by atoms with E-state index in [4.69, 9.17) is 10.7 Å². The summed E-state index contributed by atoms with van der Waals surface area (Å²) >= 11 is 4.44. The van der Waals surface area contributed by atoms with Gasteiger partial charge in [0.2, 0.25) is 0 Å². The first kappa shape index (κ1) is 23.3. The second kappa shape index (κ2) is 8.80.